The fourth-order valence-electron chi connectivity index (χ4n) is 3.79. The fraction of sp³-hybridized carbons (Fsp3) is 0.333. The van der Waals surface area contributed by atoms with E-state index in [1.54, 1.807) is 7.11 Å². The van der Waals surface area contributed by atoms with Crippen molar-refractivity contribution in [1.82, 2.24) is 10.6 Å². The average molecular weight is 424 g/mol. The molecule has 1 aliphatic heterocycles. The molecule has 0 aliphatic carbocycles. The summed E-state index contributed by atoms with van der Waals surface area (Å²) in [6, 6.07) is 11.5. The lowest BCUT2D eigenvalue weighted by molar-refractivity contribution is -0.113. The van der Waals surface area contributed by atoms with Gasteiger partial charge >= 0.3 is 0 Å². The van der Waals surface area contributed by atoms with Crippen molar-refractivity contribution in [1.29, 1.82) is 0 Å². The predicted molar refractivity (Wildman–Crippen MR) is 126 cm³/mol. The minimum Gasteiger partial charge on any atom is -0.496 e. The van der Waals surface area contributed by atoms with Crippen molar-refractivity contribution in [3.8, 4) is 5.75 Å². The second-order valence-corrected chi connectivity index (χ2v) is 8.35. The van der Waals surface area contributed by atoms with E-state index in [0.29, 0.717) is 10.7 Å². The molecule has 1 unspecified atom stereocenters. The molecule has 2 aromatic carbocycles. The van der Waals surface area contributed by atoms with Crippen LogP contribution < -0.4 is 20.7 Å². The highest BCUT2D eigenvalue weighted by Gasteiger charge is 2.31. The molecule has 30 heavy (non-hydrogen) atoms. The van der Waals surface area contributed by atoms with Gasteiger partial charge in [-0.15, -0.1) is 0 Å². The maximum Gasteiger partial charge on any atom is 0.255 e. The van der Waals surface area contributed by atoms with Gasteiger partial charge in [-0.2, -0.15) is 0 Å². The number of anilines is 1. The maximum absolute atomic E-state index is 13.4. The third-order valence-corrected chi connectivity index (χ3v) is 5.68. The first-order chi connectivity index (χ1) is 14.2. The van der Waals surface area contributed by atoms with Crippen molar-refractivity contribution in [2.45, 2.75) is 46.6 Å². The number of nitrogens with one attached hydrogen (secondary N) is 3. The second-order valence-electron chi connectivity index (χ2n) is 7.94. The van der Waals surface area contributed by atoms with Crippen LogP contribution in [-0.2, 0) is 4.79 Å². The van der Waals surface area contributed by atoms with Crippen LogP contribution in [0, 0.1) is 13.8 Å². The van der Waals surface area contributed by atoms with Gasteiger partial charge in [-0.3, -0.25) is 4.79 Å². The molecule has 0 radical (unpaired) electrons. The minimum absolute atomic E-state index is 0.157. The molecule has 1 heterocycles. The first-order valence-corrected chi connectivity index (χ1v) is 10.5. The van der Waals surface area contributed by atoms with Gasteiger partial charge in [0.15, 0.2) is 5.11 Å². The molecule has 1 amide bonds. The molecule has 2 aromatic rings. The highest BCUT2D eigenvalue weighted by molar-refractivity contribution is 7.80. The number of rotatable bonds is 5. The molecular weight excluding hydrogens is 394 g/mol. The van der Waals surface area contributed by atoms with E-state index in [0.717, 1.165) is 39.4 Å². The number of aryl methyl sites for hydroxylation is 2. The molecule has 1 aliphatic rings. The summed E-state index contributed by atoms with van der Waals surface area (Å²) in [5.74, 6) is 0.979. The molecule has 0 saturated carbocycles. The zero-order valence-corrected chi connectivity index (χ0v) is 19.2. The lowest BCUT2D eigenvalue weighted by Crippen LogP contribution is -2.46. The summed E-state index contributed by atoms with van der Waals surface area (Å²) in [4.78, 5) is 13.4. The molecule has 0 aromatic heterocycles. The van der Waals surface area contributed by atoms with Gasteiger partial charge in [-0.1, -0.05) is 32.0 Å². The van der Waals surface area contributed by atoms with Crippen molar-refractivity contribution in [3.05, 3.63) is 69.9 Å². The van der Waals surface area contributed by atoms with Crippen LogP contribution in [0.3, 0.4) is 0 Å². The van der Waals surface area contributed by atoms with E-state index in [4.69, 9.17) is 17.0 Å². The van der Waals surface area contributed by atoms with Crippen LogP contribution in [0.25, 0.3) is 0 Å². The van der Waals surface area contributed by atoms with E-state index in [1.807, 2.05) is 51.1 Å². The van der Waals surface area contributed by atoms with Crippen LogP contribution in [0.15, 0.2) is 47.7 Å². The molecule has 0 fully saturated rings. The molecule has 6 heteroatoms. The highest BCUT2D eigenvalue weighted by atomic mass is 32.1. The Bertz CT molecular complexity index is 1030. The molecule has 158 valence electrons. The van der Waals surface area contributed by atoms with Crippen LogP contribution in [0.2, 0.25) is 0 Å². The predicted octanol–water partition coefficient (Wildman–Crippen LogP) is 4.87. The van der Waals surface area contributed by atoms with E-state index in [9.17, 15) is 4.79 Å². The van der Waals surface area contributed by atoms with Crippen molar-refractivity contribution in [2.75, 3.05) is 12.4 Å². The van der Waals surface area contributed by atoms with Gasteiger partial charge in [-0.25, -0.2) is 0 Å². The van der Waals surface area contributed by atoms with E-state index >= 15 is 0 Å². The molecule has 0 bridgehead atoms. The summed E-state index contributed by atoms with van der Waals surface area (Å²) in [7, 11) is 1.68. The number of allylic oxidation sites excluding steroid dienone is 1. The summed E-state index contributed by atoms with van der Waals surface area (Å²) in [5, 5.41) is 9.97. The van der Waals surface area contributed by atoms with Gasteiger partial charge in [0.1, 0.15) is 5.75 Å². The number of amides is 1. The van der Waals surface area contributed by atoms with E-state index < -0.39 is 0 Å². The molecule has 0 saturated heterocycles. The Kier molecular flexibility index (Phi) is 6.46. The summed E-state index contributed by atoms with van der Waals surface area (Å²) in [6.07, 6.45) is 0. The number of benzene rings is 2. The third kappa shape index (κ3) is 4.33. The lowest BCUT2D eigenvalue weighted by atomic mass is 9.88. The van der Waals surface area contributed by atoms with Crippen LogP contribution in [0.5, 0.6) is 5.75 Å². The third-order valence-electron chi connectivity index (χ3n) is 5.46. The van der Waals surface area contributed by atoms with Gasteiger partial charge in [0.25, 0.3) is 5.91 Å². The zero-order chi connectivity index (χ0) is 22.0. The van der Waals surface area contributed by atoms with Gasteiger partial charge in [-0.05, 0) is 79.4 Å². The Morgan fingerprint density at radius 2 is 1.83 bits per heavy atom. The molecule has 0 spiro atoms. The zero-order valence-electron chi connectivity index (χ0n) is 18.3. The number of methoxy groups -OCH3 is 1. The average Bonchev–Trinajstić information content (AvgIpc) is 2.68. The number of hydrogen-bond donors (Lipinski definition) is 3. The number of carbonyl (C=O) groups excluding carboxylic acids is 1. The molecule has 3 rings (SSSR count). The van der Waals surface area contributed by atoms with Crippen molar-refractivity contribution in [3.63, 3.8) is 0 Å². The topological polar surface area (TPSA) is 62.4 Å². The Hall–Kier alpha value is -2.86. The van der Waals surface area contributed by atoms with Gasteiger partial charge < -0.3 is 20.7 Å². The lowest BCUT2D eigenvalue weighted by Gasteiger charge is -2.32. The molecular formula is C24H29N3O2S. The molecule has 3 N–H and O–H groups in total. The normalized spacial score (nSPS) is 16.2. The van der Waals surface area contributed by atoms with E-state index in [1.165, 1.54) is 0 Å². The quantitative estimate of drug-likeness (QED) is 0.599. The van der Waals surface area contributed by atoms with Gasteiger partial charge in [0.05, 0.1) is 18.7 Å². The smallest absolute Gasteiger partial charge is 0.255 e. The Labute approximate surface area is 183 Å². The number of carbonyl (C=O) groups is 1. The highest BCUT2D eigenvalue weighted by Crippen LogP contribution is 2.36. The van der Waals surface area contributed by atoms with Crippen molar-refractivity contribution in [2.24, 2.45) is 0 Å². The van der Waals surface area contributed by atoms with Crippen molar-refractivity contribution >= 4 is 28.9 Å². The Morgan fingerprint density at radius 1 is 1.13 bits per heavy atom. The van der Waals surface area contributed by atoms with Crippen LogP contribution in [0.4, 0.5) is 5.69 Å². The SMILES string of the molecule is COc1cc(C)c(C2NC(=S)NC(C)=C2C(=O)Nc2ccccc2C)cc1C(C)C. The number of para-hydroxylation sites is 1. The molecule has 1 atom stereocenters. The van der Waals surface area contributed by atoms with Gasteiger partial charge in [0, 0.05) is 11.4 Å². The van der Waals surface area contributed by atoms with E-state index in [2.05, 4.69) is 35.9 Å². The Morgan fingerprint density at radius 3 is 2.47 bits per heavy atom. The molecule has 5 nitrogen and oxygen atoms in total. The number of thiocarbonyl (C=S) groups is 1. The Balaban J connectivity index is 2.07. The van der Waals surface area contributed by atoms with Crippen LogP contribution >= 0.6 is 12.2 Å². The number of hydrogen-bond acceptors (Lipinski definition) is 3. The van der Waals surface area contributed by atoms with E-state index in [-0.39, 0.29) is 17.9 Å². The van der Waals surface area contributed by atoms with Crippen molar-refractivity contribution < 1.29 is 9.53 Å². The monoisotopic (exact) mass is 423 g/mol. The standard InChI is InChI=1S/C24H29N3O2S/c1-13(2)17-12-18(15(4)11-20(17)29-6)22-21(16(5)25-24(30)27-22)23(28)26-19-10-8-7-9-14(19)3/h7-13,22H,1-6H3,(H,26,28)(H2,25,27,30). The van der Waals surface area contributed by atoms with Gasteiger partial charge in [0.2, 0.25) is 0 Å². The number of ether oxygens (including phenoxy) is 1. The summed E-state index contributed by atoms with van der Waals surface area (Å²) in [6.45, 7) is 10.1. The first-order valence-electron chi connectivity index (χ1n) is 10.1. The summed E-state index contributed by atoms with van der Waals surface area (Å²) >= 11 is 5.41. The second kappa shape index (κ2) is 8.88. The van der Waals surface area contributed by atoms with Crippen LogP contribution in [0.1, 0.15) is 55.0 Å². The van der Waals surface area contributed by atoms with Crippen LogP contribution in [-0.4, -0.2) is 18.1 Å². The first kappa shape index (κ1) is 21.8. The summed E-state index contributed by atoms with van der Waals surface area (Å²) < 4.78 is 5.59. The summed E-state index contributed by atoms with van der Waals surface area (Å²) in [5.41, 5.74) is 6.32. The fourth-order valence-corrected chi connectivity index (χ4v) is 4.06. The largest absolute Gasteiger partial charge is 0.496 e. The minimum atomic E-state index is -0.355. The maximum atomic E-state index is 13.4.